The highest BCUT2D eigenvalue weighted by atomic mass is 16.5. The second-order valence-corrected chi connectivity index (χ2v) is 7.85. The van der Waals surface area contributed by atoms with Gasteiger partial charge < -0.3 is 19.7 Å². The third-order valence-corrected chi connectivity index (χ3v) is 5.78. The van der Waals surface area contributed by atoms with E-state index in [-0.39, 0.29) is 12.0 Å². The number of likely N-dealkylation sites (N-methyl/N-ethyl adjacent to an activating group) is 1. The number of ether oxygens (including phenoxy) is 1. The van der Waals surface area contributed by atoms with Crippen LogP contribution in [0.3, 0.4) is 0 Å². The van der Waals surface area contributed by atoms with Crippen LogP contribution >= 0.6 is 0 Å². The summed E-state index contributed by atoms with van der Waals surface area (Å²) in [6.45, 7) is 6.08. The van der Waals surface area contributed by atoms with E-state index in [2.05, 4.69) is 42.9 Å². The number of nitrogens with zero attached hydrogens (tertiary/aromatic N) is 1. The van der Waals surface area contributed by atoms with Gasteiger partial charge in [0, 0.05) is 30.6 Å². The molecule has 0 spiro atoms. The Morgan fingerprint density at radius 3 is 2.64 bits per heavy atom. The van der Waals surface area contributed by atoms with Crippen LogP contribution in [-0.2, 0) is 0 Å². The average molecular weight is 378 g/mol. The predicted octanol–water partition coefficient (Wildman–Crippen LogP) is 4.35. The summed E-state index contributed by atoms with van der Waals surface area (Å²) < 4.78 is 6.64. The number of hydrogen-bond acceptors (Lipinski definition) is 3. The van der Waals surface area contributed by atoms with E-state index in [4.69, 9.17) is 4.74 Å². The van der Waals surface area contributed by atoms with Gasteiger partial charge in [-0.2, -0.15) is 0 Å². The fourth-order valence-corrected chi connectivity index (χ4v) is 4.30. The zero-order valence-electron chi connectivity index (χ0n) is 16.5. The first-order valence-corrected chi connectivity index (χ1v) is 9.70. The number of likely N-dealkylation sites (tertiary alicyclic amines) is 1. The van der Waals surface area contributed by atoms with Gasteiger partial charge in [0.25, 0.3) is 0 Å². The number of hydrogen-bond donors (Lipinski definition) is 2. The Morgan fingerprint density at radius 1 is 1.18 bits per heavy atom. The molecule has 1 saturated heterocycles. The van der Waals surface area contributed by atoms with Crippen LogP contribution in [0, 0.1) is 13.8 Å². The average Bonchev–Trinajstić information content (AvgIpc) is 3.16. The van der Waals surface area contributed by atoms with Crippen LogP contribution in [0.4, 0.5) is 0 Å². The van der Waals surface area contributed by atoms with Gasteiger partial charge >= 0.3 is 5.97 Å². The van der Waals surface area contributed by atoms with E-state index in [1.54, 1.807) is 12.1 Å². The summed E-state index contributed by atoms with van der Waals surface area (Å²) in [7, 11) is 2.12. The van der Waals surface area contributed by atoms with Crippen LogP contribution in [-0.4, -0.2) is 47.2 Å². The number of rotatable bonds is 4. The molecule has 2 heterocycles. The number of fused-ring (bicyclic) bond motifs is 1. The highest BCUT2D eigenvalue weighted by Gasteiger charge is 2.31. The van der Waals surface area contributed by atoms with Gasteiger partial charge in [-0.05, 0) is 62.2 Å². The number of aryl methyl sites for hydroxylation is 2. The summed E-state index contributed by atoms with van der Waals surface area (Å²) in [6.07, 6.45) is 2.94. The quantitative estimate of drug-likeness (QED) is 0.708. The van der Waals surface area contributed by atoms with Crippen molar-refractivity contribution in [3.05, 3.63) is 64.8 Å². The molecule has 146 valence electrons. The van der Waals surface area contributed by atoms with Gasteiger partial charge in [-0.15, -0.1) is 0 Å². The minimum atomic E-state index is -0.898. The van der Waals surface area contributed by atoms with Crippen LogP contribution in [0.2, 0.25) is 0 Å². The second kappa shape index (κ2) is 7.32. The Hall–Kier alpha value is -2.79. The molecule has 0 saturated carbocycles. The number of nitrogens with one attached hydrogen (secondary N) is 1. The fourth-order valence-electron chi connectivity index (χ4n) is 4.30. The summed E-state index contributed by atoms with van der Waals surface area (Å²) in [5, 5.41) is 10.3. The van der Waals surface area contributed by atoms with E-state index < -0.39 is 5.97 Å². The lowest BCUT2D eigenvalue weighted by Gasteiger charge is -2.37. The molecule has 1 aliphatic heterocycles. The predicted molar refractivity (Wildman–Crippen MR) is 110 cm³/mol. The molecule has 3 aromatic rings. The minimum Gasteiger partial charge on any atom is -0.489 e. The van der Waals surface area contributed by atoms with E-state index in [1.807, 2.05) is 18.3 Å². The van der Waals surface area contributed by atoms with Crippen molar-refractivity contribution >= 4 is 16.9 Å². The highest BCUT2D eigenvalue weighted by molar-refractivity contribution is 5.90. The van der Waals surface area contributed by atoms with E-state index in [9.17, 15) is 9.90 Å². The maximum atomic E-state index is 11.2. The molecule has 2 N–H and O–H groups in total. The molecule has 0 unspecified atom stereocenters. The molecule has 4 rings (SSSR count). The third-order valence-electron chi connectivity index (χ3n) is 5.78. The number of aromatic amines is 1. The summed E-state index contributed by atoms with van der Waals surface area (Å²) in [6, 6.07) is 11.5. The maximum Gasteiger partial charge on any atom is 0.335 e. The number of carboxylic acids is 1. The highest BCUT2D eigenvalue weighted by Crippen LogP contribution is 2.36. The lowest BCUT2D eigenvalue weighted by Crippen LogP contribution is -2.42. The van der Waals surface area contributed by atoms with Gasteiger partial charge in [-0.1, -0.05) is 18.2 Å². The summed E-state index contributed by atoms with van der Waals surface area (Å²) in [5.74, 6) is 0.241. The lowest BCUT2D eigenvalue weighted by atomic mass is 9.87. The molecular formula is C23H26N2O3. The molecule has 5 heteroatoms. The Morgan fingerprint density at radius 2 is 1.93 bits per heavy atom. The molecule has 28 heavy (non-hydrogen) atoms. The van der Waals surface area contributed by atoms with Crippen molar-refractivity contribution < 1.29 is 14.6 Å². The summed E-state index contributed by atoms with van der Waals surface area (Å²) >= 11 is 0. The van der Waals surface area contributed by atoms with Crippen molar-refractivity contribution in [2.45, 2.75) is 32.3 Å². The SMILES string of the molecule is Cc1cc(C)c2[nH]ccc2c1O[C@@H]1CCN(C)C[C@@H]1c1ccc(C(=O)O)cc1. The molecule has 1 fully saturated rings. The molecule has 2 aromatic carbocycles. The van der Waals surface area contributed by atoms with E-state index >= 15 is 0 Å². The molecule has 0 bridgehead atoms. The van der Waals surface area contributed by atoms with Gasteiger partial charge in [0.05, 0.1) is 11.1 Å². The second-order valence-electron chi connectivity index (χ2n) is 7.85. The zero-order valence-corrected chi connectivity index (χ0v) is 16.5. The van der Waals surface area contributed by atoms with Gasteiger partial charge in [-0.25, -0.2) is 4.79 Å². The minimum absolute atomic E-state index is 0.0476. The van der Waals surface area contributed by atoms with Crippen LogP contribution in [0.5, 0.6) is 5.75 Å². The van der Waals surface area contributed by atoms with E-state index in [0.717, 1.165) is 47.3 Å². The normalized spacial score (nSPS) is 20.4. The van der Waals surface area contributed by atoms with Crippen molar-refractivity contribution in [3.63, 3.8) is 0 Å². The maximum absolute atomic E-state index is 11.2. The van der Waals surface area contributed by atoms with Crippen molar-refractivity contribution in [1.82, 2.24) is 9.88 Å². The van der Waals surface area contributed by atoms with Gasteiger partial charge in [-0.3, -0.25) is 0 Å². The number of aromatic carboxylic acids is 1. The zero-order chi connectivity index (χ0) is 19.8. The summed E-state index contributed by atoms with van der Waals surface area (Å²) in [5.41, 5.74) is 4.92. The molecule has 1 aliphatic rings. The van der Waals surface area contributed by atoms with Crippen LogP contribution in [0.25, 0.3) is 10.9 Å². The van der Waals surface area contributed by atoms with E-state index in [0.29, 0.717) is 5.56 Å². The number of piperidine rings is 1. The monoisotopic (exact) mass is 378 g/mol. The first-order valence-electron chi connectivity index (χ1n) is 9.70. The first kappa shape index (κ1) is 18.6. The molecule has 2 atom stereocenters. The lowest BCUT2D eigenvalue weighted by molar-refractivity contribution is 0.0696. The first-order chi connectivity index (χ1) is 13.4. The molecular weight excluding hydrogens is 352 g/mol. The summed E-state index contributed by atoms with van der Waals surface area (Å²) in [4.78, 5) is 16.8. The van der Waals surface area contributed by atoms with Crippen molar-refractivity contribution in [2.75, 3.05) is 20.1 Å². The van der Waals surface area contributed by atoms with Gasteiger partial charge in [0.1, 0.15) is 11.9 Å². The number of H-pyrrole nitrogens is 1. The number of benzene rings is 2. The molecule has 0 radical (unpaired) electrons. The standard InChI is InChI=1S/C23H26N2O3/c1-14-12-15(2)22(18-8-10-24-21(14)18)28-20-9-11-25(3)13-19(20)16-4-6-17(7-5-16)23(26)27/h4-8,10,12,19-20,24H,9,11,13H2,1-3H3,(H,26,27)/t19-,20-/m1/s1. The Bertz CT molecular complexity index is 1010. The van der Waals surface area contributed by atoms with Crippen molar-refractivity contribution in [2.24, 2.45) is 0 Å². The van der Waals surface area contributed by atoms with Crippen LogP contribution < -0.4 is 4.74 Å². The Kier molecular flexibility index (Phi) is 4.85. The topological polar surface area (TPSA) is 65.6 Å². The van der Waals surface area contributed by atoms with Crippen molar-refractivity contribution in [1.29, 1.82) is 0 Å². The largest absolute Gasteiger partial charge is 0.489 e. The molecule has 1 aromatic heterocycles. The molecule has 5 nitrogen and oxygen atoms in total. The van der Waals surface area contributed by atoms with Crippen LogP contribution in [0.1, 0.15) is 39.4 Å². The van der Waals surface area contributed by atoms with E-state index in [1.165, 1.54) is 5.56 Å². The van der Waals surface area contributed by atoms with Gasteiger partial charge in [0.15, 0.2) is 0 Å². The Labute approximate surface area is 164 Å². The van der Waals surface area contributed by atoms with Crippen molar-refractivity contribution in [3.8, 4) is 5.75 Å². The molecule has 0 amide bonds. The number of aromatic nitrogens is 1. The number of carboxylic acid groups (broad SMARTS) is 1. The van der Waals surface area contributed by atoms with Gasteiger partial charge in [0.2, 0.25) is 0 Å². The third kappa shape index (κ3) is 3.38. The smallest absolute Gasteiger partial charge is 0.335 e. The fraction of sp³-hybridized carbons (Fsp3) is 0.348. The molecule has 0 aliphatic carbocycles. The Balaban J connectivity index is 1.67. The number of carbonyl (C=O) groups is 1. The van der Waals surface area contributed by atoms with Crippen LogP contribution in [0.15, 0.2) is 42.6 Å².